The van der Waals surface area contributed by atoms with Gasteiger partial charge in [0.2, 0.25) is 5.88 Å². The second-order valence-electron chi connectivity index (χ2n) is 7.64. The molecular formula is C22H26N4O3. The molecule has 0 aromatic carbocycles. The number of nitrogens with zero attached hydrogens (tertiary/aromatic N) is 3. The van der Waals surface area contributed by atoms with Gasteiger partial charge in [0.05, 0.1) is 30.3 Å². The minimum absolute atomic E-state index is 0.189. The molecule has 1 aliphatic rings. The Morgan fingerprint density at radius 2 is 2.10 bits per heavy atom. The SMILES string of the molecule is COc1ccc(Cn2cc(C(=O)N[C@H]3CCCC[C@@H]3O)c3nccc(C)c32)cn1. The molecule has 3 aromatic rings. The zero-order valence-corrected chi connectivity index (χ0v) is 16.8. The summed E-state index contributed by atoms with van der Waals surface area (Å²) in [6.07, 6.45) is 8.41. The molecule has 0 radical (unpaired) electrons. The molecule has 4 rings (SSSR count). The van der Waals surface area contributed by atoms with Gasteiger partial charge in [-0.2, -0.15) is 0 Å². The number of fused-ring (bicyclic) bond motifs is 1. The third-order valence-corrected chi connectivity index (χ3v) is 5.60. The number of ether oxygens (including phenoxy) is 1. The van der Waals surface area contributed by atoms with Crippen LogP contribution in [0.25, 0.3) is 11.0 Å². The molecule has 1 saturated carbocycles. The molecule has 0 bridgehead atoms. The van der Waals surface area contributed by atoms with Crippen molar-refractivity contribution < 1.29 is 14.6 Å². The van der Waals surface area contributed by atoms with Gasteiger partial charge in [-0.05, 0) is 37.0 Å². The summed E-state index contributed by atoms with van der Waals surface area (Å²) >= 11 is 0. The first-order chi connectivity index (χ1) is 14.1. The van der Waals surface area contributed by atoms with Crippen molar-refractivity contribution >= 4 is 16.9 Å². The van der Waals surface area contributed by atoms with Gasteiger partial charge in [-0.3, -0.25) is 9.78 Å². The predicted molar refractivity (Wildman–Crippen MR) is 110 cm³/mol. The van der Waals surface area contributed by atoms with Gasteiger partial charge in [0, 0.05) is 31.2 Å². The van der Waals surface area contributed by atoms with Gasteiger partial charge in [-0.1, -0.05) is 18.9 Å². The number of carbonyl (C=O) groups excluding carboxylic acids is 1. The molecule has 0 spiro atoms. The van der Waals surface area contributed by atoms with E-state index in [9.17, 15) is 9.90 Å². The zero-order valence-electron chi connectivity index (χ0n) is 16.8. The highest BCUT2D eigenvalue weighted by molar-refractivity contribution is 6.06. The number of nitrogens with one attached hydrogen (secondary N) is 1. The Balaban J connectivity index is 1.66. The third-order valence-electron chi connectivity index (χ3n) is 5.60. The van der Waals surface area contributed by atoms with Crippen molar-refractivity contribution in [3.63, 3.8) is 0 Å². The molecule has 2 N–H and O–H groups in total. The highest BCUT2D eigenvalue weighted by Gasteiger charge is 2.26. The fraction of sp³-hybridized carbons (Fsp3) is 0.409. The van der Waals surface area contributed by atoms with Gasteiger partial charge in [0.15, 0.2) is 0 Å². The Kier molecular flexibility index (Phi) is 5.49. The minimum atomic E-state index is -0.485. The van der Waals surface area contributed by atoms with Crippen LogP contribution >= 0.6 is 0 Å². The lowest BCUT2D eigenvalue weighted by molar-refractivity contribution is 0.0718. The number of hydrogen-bond donors (Lipinski definition) is 2. The molecule has 0 saturated heterocycles. The number of hydrogen-bond acceptors (Lipinski definition) is 5. The fourth-order valence-electron chi connectivity index (χ4n) is 4.03. The smallest absolute Gasteiger partial charge is 0.255 e. The number of aliphatic hydroxyl groups excluding tert-OH is 1. The first-order valence-electron chi connectivity index (χ1n) is 9.99. The summed E-state index contributed by atoms with van der Waals surface area (Å²) in [7, 11) is 1.59. The molecule has 0 unspecified atom stereocenters. The number of aryl methyl sites for hydroxylation is 1. The molecule has 1 amide bonds. The predicted octanol–water partition coefficient (Wildman–Crippen LogP) is 2.83. The average Bonchev–Trinajstić information content (AvgIpc) is 3.10. The monoisotopic (exact) mass is 394 g/mol. The number of carbonyl (C=O) groups is 1. The van der Waals surface area contributed by atoms with Gasteiger partial charge in [0.25, 0.3) is 5.91 Å². The molecule has 7 nitrogen and oxygen atoms in total. The lowest BCUT2D eigenvalue weighted by Gasteiger charge is -2.28. The number of aliphatic hydroxyl groups is 1. The van der Waals surface area contributed by atoms with Gasteiger partial charge < -0.3 is 19.7 Å². The van der Waals surface area contributed by atoms with E-state index in [1.807, 2.05) is 35.9 Å². The number of amides is 1. The lowest BCUT2D eigenvalue weighted by atomic mass is 9.92. The van der Waals surface area contributed by atoms with Crippen LogP contribution in [0, 0.1) is 6.92 Å². The summed E-state index contributed by atoms with van der Waals surface area (Å²) in [6.45, 7) is 2.58. The second kappa shape index (κ2) is 8.21. The normalized spacial score (nSPS) is 19.3. The van der Waals surface area contributed by atoms with E-state index in [1.165, 1.54) is 0 Å². The molecule has 3 heterocycles. The second-order valence-corrected chi connectivity index (χ2v) is 7.64. The molecule has 2 atom stereocenters. The van der Waals surface area contributed by atoms with Crippen LogP contribution in [-0.2, 0) is 6.54 Å². The first kappa shape index (κ1) is 19.4. The Morgan fingerprint density at radius 3 is 2.83 bits per heavy atom. The summed E-state index contributed by atoms with van der Waals surface area (Å²) in [4.78, 5) is 21.8. The van der Waals surface area contributed by atoms with E-state index < -0.39 is 6.10 Å². The van der Waals surface area contributed by atoms with E-state index in [1.54, 1.807) is 19.5 Å². The third kappa shape index (κ3) is 3.96. The van der Waals surface area contributed by atoms with E-state index in [0.717, 1.165) is 42.3 Å². The van der Waals surface area contributed by atoms with Crippen LogP contribution in [0.4, 0.5) is 0 Å². The quantitative estimate of drug-likeness (QED) is 0.695. The molecule has 3 aromatic heterocycles. The molecule has 7 heteroatoms. The maximum Gasteiger partial charge on any atom is 0.255 e. The molecular weight excluding hydrogens is 368 g/mol. The Bertz CT molecular complexity index is 1010. The summed E-state index contributed by atoms with van der Waals surface area (Å²) in [5.74, 6) is 0.376. The summed E-state index contributed by atoms with van der Waals surface area (Å²) in [5.41, 5.74) is 4.18. The molecule has 1 fully saturated rings. The highest BCUT2D eigenvalue weighted by atomic mass is 16.5. The largest absolute Gasteiger partial charge is 0.481 e. The van der Waals surface area contributed by atoms with E-state index >= 15 is 0 Å². The maximum absolute atomic E-state index is 13.0. The van der Waals surface area contributed by atoms with Crippen molar-refractivity contribution in [3.05, 3.63) is 53.5 Å². The molecule has 29 heavy (non-hydrogen) atoms. The van der Waals surface area contributed by atoms with E-state index in [0.29, 0.717) is 23.5 Å². The van der Waals surface area contributed by atoms with Gasteiger partial charge in [0.1, 0.15) is 5.52 Å². The van der Waals surface area contributed by atoms with Crippen LogP contribution in [0.1, 0.15) is 47.2 Å². The lowest BCUT2D eigenvalue weighted by Crippen LogP contribution is -2.45. The maximum atomic E-state index is 13.0. The number of rotatable bonds is 5. The van der Waals surface area contributed by atoms with E-state index in [4.69, 9.17) is 4.74 Å². The van der Waals surface area contributed by atoms with Crippen LogP contribution in [0.2, 0.25) is 0 Å². The average molecular weight is 394 g/mol. The van der Waals surface area contributed by atoms with E-state index in [-0.39, 0.29) is 11.9 Å². The highest BCUT2D eigenvalue weighted by Crippen LogP contribution is 2.25. The van der Waals surface area contributed by atoms with Gasteiger partial charge in [-0.25, -0.2) is 4.98 Å². The van der Waals surface area contributed by atoms with Crippen LogP contribution in [0.15, 0.2) is 36.8 Å². The topological polar surface area (TPSA) is 89.3 Å². The van der Waals surface area contributed by atoms with Crippen LogP contribution in [0.5, 0.6) is 5.88 Å². The van der Waals surface area contributed by atoms with Crippen LogP contribution < -0.4 is 10.1 Å². The molecule has 1 aliphatic carbocycles. The van der Waals surface area contributed by atoms with Crippen molar-refractivity contribution in [2.75, 3.05) is 7.11 Å². The Labute approximate surface area is 169 Å². The van der Waals surface area contributed by atoms with Crippen molar-refractivity contribution in [2.45, 2.75) is 51.3 Å². The first-order valence-corrected chi connectivity index (χ1v) is 9.99. The van der Waals surface area contributed by atoms with Crippen LogP contribution in [-0.4, -0.2) is 44.8 Å². The zero-order chi connectivity index (χ0) is 20.4. The molecule has 152 valence electrons. The van der Waals surface area contributed by atoms with Crippen LogP contribution in [0.3, 0.4) is 0 Å². The summed E-state index contributed by atoms with van der Waals surface area (Å²) in [6, 6.07) is 5.52. The van der Waals surface area contributed by atoms with Crippen molar-refractivity contribution in [3.8, 4) is 5.88 Å². The number of methoxy groups -OCH3 is 1. The molecule has 0 aliphatic heterocycles. The van der Waals surface area contributed by atoms with Crippen molar-refractivity contribution in [1.29, 1.82) is 0 Å². The number of aromatic nitrogens is 3. The van der Waals surface area contributed by atoms with Gasteiger partial charge >= 0.3 is 0 Å². The Morgan fingerprint density at radius 1 is 1.28 bits per heavy atom. The van der Waals surface area contributed by atoms with Gasteiger partial charge in [-0.15, -0.1) is 0 Å². The minimum Gasteiger partial charge on any atom is -0.481 e. The van der Waals surface area contributed by atoms with E-state index in [2.05, 4.69) is 15.3 Å². The summed E-state index contributed by atoms with van der Waals surface area (Å²) in [5, 5.41) is 13.2. The van der Waals surface area contributed by atoms with Crippen molar-refractivity contribution in [2.24, 2.45) is 0 Å². The Hall–Kier alpha value is -2.93. The number of pyridine rings is 2. The fourth-order valence-corrected chi connectivity index (χ4v) is 4.03. The summed E-state index contributed by atoms with van der Waals surface area (Å²) < 4.78 is 7.16. The van der Waals surface area contributed by atoms with Crippen molar-refractivity contribution in [1.82, 2.24) is 19.9 Å². The standard InChI is InChI=1S/C22H26N4O3/c1-14-9-10-23-20-16(22(28)25-17-5-3-4-6-18(17)27)13-26(21(14)20)12-15-7-8-19(29-2)24-11-15/h7-11,13,17-18,27H,3-6,12H2,1-2H3,(H,25,28)/t17-,18-/m0/s1.